The minimum Gasteiger partial charge on any atom is -0.491 e. The highest BCUT2D eigenvalue weighted by molar-refractivity contribution is 6.32. The predicted octanol–water partition coefficient (Wildman–Crippen LogP) is 4.73. The number of piperidine rings is 1. The Morgan fingerprint density at radius 1 is 1.04 bits per heavy atom. The number of amides is 1. The lowest BCUT2D eigenvalue weighted by atomic mass is 10.1. The fraction of sp³-hybridized carbons (Fsp3) is 0.381. The van der Waals surface area contributed by atoms with Gasteiger partial charge in [-0.05, 0) is 55.8 Å². The first-order chi connectivity index (χ1) is 12.7. The average molecular weight is 373 g/mol. The molecule has 0 bridgehead atoms. The SMILES string of the molecule is O=C(CCOc1ccccc1Cl)Nc1ccc(CN2CCCCC2)cc1. The maximum Gasteiger partial charge on any atom is 0.227 e. The van der Waals surface area contributed by atoms with Crippen molar-refractivity contribution in [1.82, 2.24) is 4.90 Å². The summed E-state index contributed by atoms with van der Waals surface area (Å²) < 4.78 is 5.55. The summed E-state index contributed by atoms with van der Waals surface area (Å²) in [7, 11) is 0. The smallest absolute Gasteiger partial charge is 0.227 e. The lowest BCUT2D eigenvalue weighted by molar-refractivity contribution is -0.116. The summed E-state index contributed by atoms with van der Waals surface area (Å²) in [6, 6.07) is 15.4. The summed E-state index contributed by atoms with van der Waals surface area (Å²) in [6.45, 7) is 3.65. The van der Waals surface area contributed by atoms with Crippen LogP contribution in [-0.2, 0) is 11.3 Å². The molecule has 138 valence electrons. The van der Waals surface area contributed by atoms with E-state index < -0.39 is 0 Å². The van der Waals surface area contributed by atoms with E-state index in [1.54, 1.807) is 12.1 Å². The number of likely N-dealkylation sites (tertiary alicyclic amines) is 1. The maximum atomic E-state index is 12.1. The van der Waals surface area contributed by atoms with E-state index in [1.807, 2.05) is 24.3 Å². The number of benzene rings is 2. The maximum absolute atomic E-state index is 12.1. The van der Waals surface area contributed by atoms with E-state index in [-0.39, 0.29) is 12.3 Å². The van der Waals surface area contributed by atoms with Gasteiger partial charge in [0.2, 0.25) is 5.91 Å². The molecule has 5 heteroatoms. The van der Waals surface area contributed by atoms with Crippen molar-refractivity contribution in [2.75, 3.05) is 25.0 Å². The quantitative estimate of drug-likeness (QED) is 0.763. The Bertz CT molecular complexity index is 712. The van der Waals surface area contributed by atoms with Crippen LogP contribution >= 0.6 is 11.6 Å². The zero-order chi connectivity index (χ0) is 18.2. The number of anilines is 1. The Labute approximate surface area is 160 Å². The third-order valence-corrected chi connectivity index (χ3v) is 4.83. The Morgan fingerprint density at radius 2 is 1.77 bits per heavy atom. The molecule has 0 atom stereocenters. The van der Waals surface area contributed by atoms with Gasteiger partial charge in [0.15, 0.2) is 0 Å². The molecule has 1 aliphatic rings. The van der Waals surface area contributed by atoms with Crippen molar-refractivity contribution >= 4 is 23.2 Å². The predicted molar refractivity (Wildman–Crippen MR) is 106 cm³/mol. The zero-order valence-electron chi connectivity index (χ0n) is 14.9. The lowest BCUT2D eigenvalue weighted by Crippen LogP contribution is -2.29. The molecule has 4 nitrogen and oxygen atoms in total. The second kappa shape index (κ2) is 9.60. The molecule has 0 unspecified atom stereocenters. The van der Waals surface area contributed by atoms with Crippen molar-refractivity contribution in [3.05, 3.63) is 59.1 Å². The number of hydrogen-bond acceptors (Lipinski definition) is 3. The van der Waals surface area contributed by atoms with Crippen molar-refractivity contribution in [2.45, 2.75) is 32.2 Å². The van der Waals surface area contributed by atoms with Crippen LogP contribution in [0.1, 0.15) is 31.2 Å². The summed E-state index contributed by atoms with van der Waals surface area (Å²) in [5.74, 6) is 0.532. The topological polar surface area (TPSA) is 41.6 Å². The fourth-order valence-corrected chi connectivity index (χ4v) is 3.30. The van der Waals surface area contributed by atoms with Gasteiger partial charge in [-0.2, -0.15) is 0 Å². The van der Waals surface area contributed by atoms with Crippen LogP contribution in [0.4, 0.5) is 5.69 Å². The van der Waals surface area contributed by atoms with E-state index in [0.29, 0.717) is 17.4 Å². The highest BCUT2D eigenvalue weighted by Gasteiger charge is 2.10. The average Bonchev–Trinajstić information content (AvgIpc) is 2.66. The van der Waals surface area contributed by atoms with Crippen molar-refractivity contribution in [2.24, 2.45) is 0 Å². The molecule has 3 rings (SSSR count). The molecule has 2 aromatic rings. The number of ether oxygens (including phenoxy) is 1. The Kier molecular flexibility index (Phi) is 6.92. The minimum absolute atomic E-state index is 0.0687. The van der Waals surface area contributed by atoms with E-state index in [2.05, 4.69) is 22.3 Å². The first-order valence-corrected chi connectivity index (χ1v) is 9.57. The van der Waals surface area contributed by atoms with Crippen LogP contribution < -0.4 is 10.1 Å². The summed E-state index contributed by atoms with van der Waals surface area (Å²) in [4.78, 5) is 14.5. The monoisotopic (exact) mass is 372 g/mol. The van der Waals surface area contributed by atoms with E-state index in [1.165, 1.54) is 37.9 Å². The lowest BCUT2D eigenvalue weighted by Gasteiger charge is -2.26. The Balaban J connectivity index is 1.41. The molecule has 1 saturated heterocycles. The molecule has 0 radical (unpaired) electrons. The van der Waals surface area contributed by atoms with Gasteiger partial charge >= 0.3 is 0 Å². The zero-order valence-corrected chi connectivity index (χ0v) is 15.7. The Morgan fingerprint density at radius 3 is 2.50 bits per heavy atom. The van der Waals surface area contributed by atoms with E-state index in [9.17, 15) is 4.79 Å². The van der Waals surface area contributed by atoms with Gasteiger partial charge in [-0.15, -0.1) is 0 Å². The largest absolute Gasteiger partial charge is 0.491 e. The molecule has 0 aromatic heterocycles. The van der Waals surface area contributed by atoms with E-state index in [4.69, 9.17) is 16.3 Å². The highest BCUT2D eigenvalue weighted by Crippen LogP contribution is 2.23. The number of rotatable bonds is 7. The number of halogens is 1. The second-order valence-corrected chi connectivity index (χ2v) is 7.02. The van der Waals surface area contributed by atoms with Crippen molar-refractivity contribution in [3.63, 3.8) is 0 Å². The normalized spacial score (nSPS) is 14.8. The molecule has 1 fully saturated rings. The molecule has 1 N–H and O–H groups in total. The molecular weight excluding hydrogens is 348 g/mol. The fourth-order valence-electron chi connectivity index (χ4n) is 3.11. The molecule has 1 aliphatic heterocycles. The van der Waals surface area contributed by atoms with Crippen LogP contribution in [-0.4, -0.2) is 30.5 Å². The first kappa shape index (κ1) is 18.7. The Hall–Kier alpha value is -2.04. The summed E-state index contributed by atoms with van der Waals surface area (Å²) >= 11 is 6.02. The van der Waals surface area contributed by atoms with Crippen LogP contribution in [0.25, 0.3) is 0 Å². The van der Waals surface area contributed by atoms with Crippen LogP contribution in [0, 0.1) is 0 Å². The van der Waals surface area contributed by atoms with Gasteiger partial charge in [-0.3, -0.25) is 9.69 Å². The van der Waals surface area contributed by atoms with Gasteiger partial charge in [0.25, 0.3) is 0 Å². The third kappa shape index (κ3) is 5.75. The van der Waals surface area contributed by atoms with Crippen LogP contribution in [0.3, 0.4) is 0 Å². The van der Waals surface area contributed by atoms with Gasteiger partial charge in [0, 0.05) is 12.2 Å². The van der Waals surface area contributed by atoms with Gasteiger partial charge in [-0.25, -0.2) is 0 Å². The number of carbonyl (C=O) groups excluding carboxylic acids is 1. The number of nitrogens with zero attached hydrogens (tertiary/aromatic N) is 1. The van der Waals surface area contributed by atoms with E-state index in [0.717, 1.165) is 12.2 Å². The van der Waals surface area contributed by atoms with Crippen LogP contribution in [0.5, 0.6) is 5.75 Å². The second-order valence-electron chi connectivity index (χ2n) is 6.61. The molecular formula is C21H25ClN2O2. The summed E-state index contributed by atoms with van der Waals surface area (Å²) in [5.41, 5.74) is 2.10. The number of hydrogen-bond donors (Lipinski definition) is 1. The molecule has 0 spiro atoms. The minimum atomic E-state index is -0.0687. The van der Waals surface area contributed by atoms with Crippen LogP contribution in [0.2, 0.25) is 5.02 Å². The van der Waals surface area contributed by atoms with E-state index >= 15 is 0 Å². The molecule has 2 aromatic carbocycles. The summed E-state index contributed by atoms with van der Waals surface area (Å²) in [6.07, 6.45) is 4.22. The molecule has 26 heavy (non-hydrogen) atoms. The van der Waals surface area contributed by atoms with Crippen molar-refractivity contribution in [3.8, 4) is 5.75 Å². The van der Waals surface area contributed by atoms with Crippen molar-refractivity contribution in [1.29, 1.82) is 0 Å². The molecule has 1 heterocycles. The number of carbonyl (C=O) groups is 1. The molecule has 1 amide bonds. The first-order valence-electron chi connectivity index (χ1n) is 9.19. The van der Waals surface area contributed by atoms with Crippen LogP contribution in [0.15, 0.2) is 48.5 Å². The highest BCUT2D eigenvalue weighted by atomic mass is 35.5. The molecule has 0 saturated carbocycles. The number of nitrogens with one attached hydrogen (secondary N) is 1. The van der Waals surface area contributed by atoms with Gasteiger partial charge in [0.1, 0.15) is 5.75 Å². The third-order valence-electron chi connectivity index (χ3n) is 4.52. The standard InChI is InChI=1S/C21H25ClN2O2/c22-19-6-2-3-7-20(19)26-15-12-21(25)23-18-10-8-17(9-11-18)16-24-13-4-1-5-14-24/h2-3,6-11H,1,4-5,12-16H2,(H,23,25). The number of para-hydroxylation sites is 1. The van der Waals surface area contributed by atoms with Gasteiger partial charge in [0.05, 0.1) is 18.1 Å². The molecule has 0 aliphatic carbocycles. The van der Waals surface area contributed by atoms with Crippen molar-refractivity contribution < 1.29 is 9.53 Å². The van der Waals surface area contributed by atoms with Gasteiger partial charge < -0.3 is 10.1 Å². The summed E-state index contributed by atoms with van der Waals surface area (Å²) in [5, 5.41) is 3.46. The van der Waals surface area contributed by atoms with Gasteiger partial charge in [-0.1, -0.05) is 42.3 Å².